The molecule has 0 spiro atoms. The first kappa shape index (κ1) is 20.3. The SMILES string of the molecule is COc1cc(CN2CC(C(=O)NC3CC3)C2)ccc1OCc1ccc(Cl)cc1Cl. The summed E-state index contributed by atoms with van der Waals surface area (Å²) in [5.41, 5.74) is 1.98. The molecule has 2 aromatic carbocycles. The second-order valence-electron chi connectivity index (χ2n) is 7.68. The average molecular weight is 435 g/mol. The summed E-state index contributed by atoms with van der Waals surface area (Å²) >= 11 is 12.1. The van der Waals surface area contributed by atoms with Crippen molar-refractivity contribution in [3.8, 4) is 11.5 Å². The van der Waals surface area contributed by atoms with Gasteiger partial charge in [-0.1, -0.05) is 35.3 Å². The lowest BCUT2D eigenvalue weighted by Crippen LogP contribution is -2.53. The Morgan fingerprint density at radius 3 is 2.62 bits per heavy atom. The number of amides is 1. The topological polar surface area (TPSA) is 50.8 Å². The molecule has 0 atom stereocenters. The lowest BCUT2D eigenvalue weighted by molar-refractivity contribution is -0.130. The molecule has 1 amide bonds. The van der Waals surface area contributed by atoms with Crippen molar-refractivity contribution in [2.75, 3.05) is 20.2 Å². The maximum atomic E-state index is 12.1. The molecule has 154 valence electrons. The standard InChI is InChI=1S/C22H24Cl2N2O3/c1-28-21-8-14(10-26-11-16(12-26)22(27)25-18-5-6-18)2-7-20(21)29-13-15-3-4-17(23)9-19(15)24/h2-4,7-9,16,18H,5-6,10-13H2,1H3,(H,25,27). The Morgan fingerprint density at radius 1 is 1.14 bits per heavy atom. The zero-order chi connectivity index (χ0) is 20.4. The number of ether oxygens (including phenoxy) is 2. The van der Waals surface area contributed by atoms with Crippen molar-refractivity contribution in [3.05, 3.63) is 57.6 Å². The molecule has 5 nitrogen and oxygen atoms in total. The Labute approximate surface area is 180 Å². The molecule has 0 unspecified atom stereocenters. The molecule has 1 heterocycles. The van der Waals surface area contributed by atoms with Crippen molar-refractivity contribution in [1.82, 2.24) is 10.2 Å². The summed E-state index contributed by atoms with van der Waals surface area (Å²) in [6, 6.07) is 11.7. The number of carbonyl (C=O) groups excluding carboxylic acids is 1. The minimum absolute atomic E-state index is 0.115. The van der Waals surface area contributed by atoms with Gasteiger partial charge in [0.25, 0.3) is 0 Å². The van der Waals surface area contributed by atoms with Gasteiger partial charge in [0.1, 0.15) is 6.61 Å². The summed E-state index contributed by atoms with van der Waals surface area (Å²) in [5.74, 6) is 1.65. The van der Waals surface area contributed by atoms with Gasteiger partial charge in [-0.05, 0) is 42.7 Å². The third-order valence-electron chi connectivity index (χ3n) is 5.28. The van der Waals surface area contributed by atoms with Gasteiger partial charge in [-0.25, -0.2) is 0 Å². The summed E-state index contributed by atoms with van der Waals surface area (Å²) in [5, 5.41) is 4.25. The Morgan fingerprint density at radius 2 is 1.93 bits per heavy atom. The molecule has 1 saturated carbocycles. The quantitative estimate of drug-likeness (QED) is 0.672. The number of likely N-dealkylation sites (tertiary alicyclic amines) is 1. The highest BCUT2D eigenvalue weighted by Crippen LogP contribution is 2.31. The van der Waals surface area contributed by atoms with Crippen LogP contribution in [0.4, 0.5) is 0 Å². The van der Waals surface area contributed by atoms with Crippen LogP contribution in [-0.2, 0) is 17.9 Å². The summed E-state index contributed by atoms with van der Waals surface area (Å²) in [4.78, 5) is 14.3. The van der Waals surface area contributed by atoms with E-state index in [1.165, 1.54) is 0 Å². The maximum Gasteiger partial charge on any atom is 0.225 e. The van der Waals surface area contributed by atoms with E-state index in [4.69, 9.17) is 32.7 Å². The van der Waals surface area contributed by atoms with Crippen LogP contribution in [-0.4, -0.2) is 37.0 Å². The number of hydrogen-bond donors (Lipinski definition) is 1. The van der Waals surface area contributed by atoms with Crippen LogP contribution in [0.1, 0.15) is 24.0 Å². The van der Waals surface area contributed by atoms with Gasteiger partial charge in [-0.2, -0.15) is 0 Å². The zero-order valence-electron chi connectivity index (χ0n) is 16.3. The Bertz CT molecular complexity index is 896. The number of rotatable bonds is 8. The minimum Gasteiger partial charge on any atom is -0.493 e. The van der Waals surface area contributed by atoms with E-state index in [1.54, 1.807) is 19.2 Å². The molecule has 2 fully saturated rings. The van der Waals surface area contributed by atoms with E-state index in [2.05, 4.69) is 10.2 Å². The van der Waals surface area contributed by atoms with Crippen molar-refractivity contribution in [3.63, 3.8) is 0 Å². The highest BCUT2D eigenvalue weighted by molar-refractivity contribution is 6.35. The largest absolute Gasteiger partial charge is 0.493 e. The highest BCUT2D eigenvalue weighted by Gasteiger charge is 2.35. The number of nitrogens with one attached hydrogen (secondary N) is 1. The fourth-order valence-corrected chi connectivity index (χ4v) is 3.86. The van der Waals surface area contributed by atoms with Crippen molar-refractivity contribution in [1.29, 1.82) is 0 Å². The van der Waals surface area contributed by atoms with Gasteiger partial charge in [0.2, 0.25) is 5.91 Å². The molecule has 1 aliphatic heterocycles. The van der Waals surface area contributed by atoms with Crippen LogP contribution >= 0.6 is 23.2 Å². The number of carbonyl (C=O) groups is 1. The molecule has 2 aromatic rings. The number of methoxy groups -OCH3 is 1. The first-order chi connectivity index (χ1) is 14.0. The third-order valence-corrected chi connectivity index (χ3v) is 5.87. The van der Waals surface area contributed by atoms with Gasteiger partial charge < -0.3 is 14.8 Å². The normalized spacial score (nSPS) is 16.9. The lowest BCUT2D eigenvalue weighted by Gasteiger charge is -2.38. The van der Waals surface area contributed by atoms with Crippen molar-refractivity contribution >= 4 is 29.1 Å². The molecule has 0 aromatic heterocycles. The summed E-state index contributed by atoms with van der Waals surface area (Å²) in [6.45, 7) is 2.71. The fourth-order valence-electron chi connectivity index (χ4n) is 3.39. The summed E-state index contributed by atoms with van der Waals surface area (Å²) in [7, 11) is 1.63. The number of hydrogen-bond acceptors (Lipinski definition) is 4. The van der Waals surface area contributed by atoms with Crippen LogP contribution in [0.15, 0.2) is 36.4 Å². The predicted molar refractivity (Wildman–Crippen MR) is 114 cm³/mol. The molecule has 1 saturated heterocycles. The molecule has 0 bridgehead atoms. The van der Waals surface area contributed by atoms with E-state index < -0.39 is 0 Å². The third kappa shape index (κ3) is 5.16. The van der Waals surface area contributed by atoms with Gasteiger partial charge in [0.15, 0.2) is 11.5 Å². The second-order valence-corrected chi connectivity index (χ2v) is 8.53. The summed E-state index contributed by atoms with van der Waals surface area (Å²) < 4.78 is 11.4. The molecule has 0 radical (unpaired) electrons. The van der Waals surface area contributed by atoms with Crippen LogP contribution in [0.2, 0.25) is 10.0 Å². The Kier molecular flexibility index (Phi) is 6.18. The molecule has 1 N–H and O–H groups in total. The molecule has 1 aliphatic carbocycles. The average Bonchev–Trinajstić information content (AvgIpc) is 3.48. The summed E-state index contributed by atoms with van der Waals surface area (Å²) in [6.07, 6.45) is 2.25. The van der Waals surface area contributed by atoms with Gasteiger partial charge in [-0.15, -0.1) is 0 Å². The van der Waals surface area contributed by atoms with Gasteiger partial charge in [-0.3, -0.25) is 9.69 Å². The highest BCUT2D eigenvalue weighted by atomic mass is 35.5. The smallest absolute Gasteiger partial charge is 0.225 e. The fraction of sp³-hybridized carbons (Fsp3) is 0.409. The van der Waals surface area contributed by atoms with Crippen LogP contribution in [0.25, 0.3) is 0 Å². The van der Waals surface area contributed by atoms with Crippen molar-refractivity contribution < 1.29 is 14.3 Å². The van der Waals surface area contributed by atoms with Crippen LogP contribution in [0.3, 0.4) is 0 Å². The van der Waals surface area contributed by atoms with E-state index in [0.29, 0.717) is 34.2 Å². The molecular weight excluding hydrogens is 411 g/mol. The minimum atomic E-state index is 0.115. The monoisotopic (exact) mass is 434 g/mol. The molecular formula is C22H24Cl2N2O3. The molecule has 4 rings (SSSR count). The zero-order valence-corrected chi connectivity index (χ0v) is 17.8. The van der Waals surface area contributed by atoms with Crippen molar-refractivity contribution in [2.24, 2.45) is 5.92 Å². The van der Waals surface area contributed by atoms with Crippen LogP contribution in [0.5, 0.6) is 11.5 Å². The van der Waals surface area contributed by atoms with Gasteiger partial charge >= 0.3 is 0 Å². The maximum absolute atomic E-state index is 12.1. The van der Waals surface area contributed by atoms with Crippen molar-refractivity contribution in [2.45, 2.75) is 32.0 Å². The second kappa shape index (κ2) is 8.82. The predicted octanol–water partition coefficient (Wildman–Crippen LogP) is 4.29. The first-order valence-corrected chi connectivity index (χ1v) is 10.5. The number of halogens is 2. The van der Waals surface area contributed by atoms with Crippen LogP contribution in [0, 0.1) is 5.92 Å². The van der Waals surface area contributed by atoms with E-state index in [1.807, 2.05) is 24.3 Å². The van der Waals surface area contributed by atoms with E-state index in [0.717, 1.165) is 43.6 Å². The van der Waals surface area contributed by atoms with E-state index >= 15 is 0 Å². The van der Waals surface area contributed by atoms with E-state index in [-0.39, 0.29) is 11.8 Å². The van der Waals surface area contributed by atoms with Crippen LogP contribution < -0.4 is 14.8 Å². The molecule has 7 heteroatoms. The van der Waals surface area contributed by atoms with Gasteiger partial charge in [0, 0.05) is 41.3 Å². The Hall–Kier alpha value is -1.95. The number of benzene rings is 2. The molecule has 29 heavy (non-hydrogen) atoms. The first-order valence-electron chi connectivity index (χ1n) is 9.78. The van der Waals surface area contributed by atoms with Gasteiger partial charge in [0.05, 0.1) is 13.0 Å². The van der Waals surface area contributed by atoms with E-state index in [9.17, 15) is 4.79 Å². The lowest BCUT2D eigenvalue weighted by atomic mass is 9.98. The molecule has 2 aliphatic rings. The number of nitrogens with zero attached hydrogens (tertiary/aromatic N) is 1. The Balaban J connectivity index is 1.31.